The molecule has 0 atom stereocenters. The molecule has 5 nitrogen and oxygen atoms in total. The van der Waals surface area contributed by atoms with Gasteiger partial charge >= 0.3 is 0 Å². The monoisotopic (exact) mass is 302 g/mol. The number of aryl methyl sites for hydroxylation is 2. The van der Waals surface area contributed by atoms with E-state index >= 15 is 0 Å². The molecule has 0 aromatic carbocycles. The van der Waals surface area contributed by atoms with Crippen LogP contribution < -0.4 is 10.1 Å². The van der Waals surface area contributed by atoms with Crippen molar-refractivity contribution in [3.05, 3.63) is 47.0 Å². The molecule has 1 N–H and O–H groups in total. The quantitative estimate of drug-likeness (QED) is 0.889. The van der Waals surface area contributed by atoms with Gasteiger partial charge in [0.15, 0.2) is 0 Å². The third-order valence-corrected chi connectivity index (χ3v) is 3.15. The summed E-state index contributed by atoms with van der Waals surface area (Å²) in [4.78, 5) is 16.5. The van der Waals surface area contributed by atoms with Gasteiger partial charge in [-0.25, -0.2) is 4.98 Å². The van der Waals surface area contributed by atoms with E-state index < -0.39 is 0 Å². The standard InChI is InChI=1S/C17H22N2O3/c1-11(2)10-21-17-15(6-5-7-18-17)16(20)19-9-14-8-12(3)22-13(14)4/h5-8,11H,9-10H2,1-4H3,(H,19,20). The Labute approximate surface area is 130 Å². The third kappa shape index (κ3) is 4.10. The summed E-state index contributed by atoms with van der Waals surface area (Å²) in [5.41, 5.74) is 1.42. The summed E-state index contributed by atoms with van der Waals surface area (Å²) in [6.07, 6.45) is 1.62. The minimum atomic E-state index is -0.204. The van der Waals surface area contributed by atoms with Crippen molar-refractivity contribution >= 4 is 5.91 Å². The molecule has 0 saturated heterocycles. The van der Waals surface area contributed by atoms with Crippen LogP contribution >= 0.6 is 0 Å². The fourth-order valence-corrected chi connectivity index (χ4v) is 2.05. The van der Waals surface area contributed by atoms with Gasteiger partial charge in [0.1, 0.15) is 17.1 Å². The number of aromatic nitrogens is 1. The predicted molar refractivity (Wildman–Crippen MR) is 83.9 cm³/mol. The SMILES string of the molecule is Cc1cc(CNC(=O)c2cccnc2OCC(C)C)c(C)o1. The average molecular weight is 302 g/mol. The van der Waals surface area contributed by atoms with Crippen molar-refractivity contribution in [3.63, 3.8) is 0 Å². The van der Waals surface area contributed by atoms with Crippen LogP contribution in [0.5, 0.6) is 5.88 Å². The van der Waals surface area contributed by atoms with E-state index in [0.717, 1.165) is 17.1 Å². The first-order valence-corrected chi connectivity index (χ1v) is 7.39. The summed E-state index contributed by atoms with van der Waals surface area (Å²) in [5.74, 6) is 2.19. The van der Waals surface area contributed by atoms with Gasteiger partial charge in [0, 0.05) is 18.3 Å². The highest BCUT2D eigenvalue weighted by molar-refractivity contribution is 5.96. The fourth-order valence-electron chi connectivity index (χ4n) is 2.05. The van der Waals surface area contributed by atoms with Gasteiger partial charge in [0.25, 0.3) is 5.91 Å². The molecule has 0 radical (unpaired) electrons. The van der Waals surface area contributed by atoms with Crippen molar-refractivity contribution in [1.82, 2.24) is 10.3 Å². The first-order valence-electron chi connectivity index (χ1n) is 7.39. The Balaban J connectivity index is 2.04. The zero-order valence-electron chi connectivity index (χ0n) is 13.5. The molecule has 0 spiro atoms. The molecule has 2 heterocycles. The van der Waals surface area contributed by atoms with Gasteiger partial charge in [-0.2, -0.15) is 0 Å². The van der Waals surface area contributed by atoms with Gasteiger partial charge in [0.05, 0.1) is 6.61 Å². The highest BCUT2D eigenvalue weighted by atomic mass is 16.5. The van der Waals surface area contributed by atoms with E-state index in [4.69, 9.17) is 9.15 Å². The Kier molecular flexibility index (Phi) is 5.20. The van der Waals surface area contributed by atoms with E-state index in [9.17, 15) is 4.79 Å². The van der Waals surface area contributed by atoms with Crippen LogP contribution in [0.3, 0.4) is 0 Å². The first-order chi connectivity index (χ1) is 10.5. The smallest absolute Gasteiger partial charge is 0.257 e. The van der Waals surface area contributed by atoms with Gasteiger partial charge in [-0.1, -0.05) is 13.8 Å². The molecule has 0 bridgehead atoms. The van der Waals surface area contributed by atoms with Crippen LogP contribution in [0.1, 0.15) is 41.3 Å². The van der Waals surface area contributed by atoms with E-state index in [1.165, 1.54) is 0 Å². The third-order valence-electron chi connectivity index (χ3n) is 3.15. The topological polar surface area (TPSA) is 64.4 Å². The number of nitrogens with zero attached hydrogens (tertiary/aromatic N) is 1. The summed E-state index contributed by atoms with van der Waals surface area (Å²) < 4.78 is 11.1. The second-order valence-corrected chi connectivity index (χ2v) is 5.68. The lowest BCUT2D eigenvalue weighted by molar-refractivity contribution is 0.0945. The summed E-state index contributed by atoms with van der Waals surface area (Å²) in [7, 11) is 0. The molecule has 0 aliphatic rings. The molecule has 0 unspecified atom stereocenters. The zero-order chi connectivity index (χ0) is 16.1. The van der Waals surface area contributed by atoms with Crippen LogP contribution in [-0.2, 0) is 6.54 Å². The Morgan fingerprint density at radius 1 is 1.41 bits per heavy atom. The molecule has 2 aromatic rings. The van der Waals surface area contributed by atoms with E-state index in [1.807, 2.05) is 33.8 Å². The molecular weight excluding hydrogens is 280 g/mol. The van der Waals surface area contributed by atoms with Crippen molar-refractivity contribution in [1.29, 1.82) is 0 Å². The fraction of sp³-hybridized carbons (Fsp3) is 0.412. The van der Waals surface area contributed by atoms with Gasteiger partial charge in [-0.05, 0) is 38.0 Å². The van der Waals surface area contributed by atoms with Gasteiger partial charge in [-0.3, -0.25) is 4.79 Å². The Morgan fingerprint density at radius 3 is 2.82 bits per heavy atom. The number of carbonyl (C=O) groups is 1. The van der Waals surface area contributed by atoms with Crippen LogP contribution in [0.25, 0.3) is 0 Å². The number of carbonyl (C=O) groups excluding carboxylic acids is 1. The number of furan rings is 1. The maximum absolute atomic E-state index is 12.3. The van der Waals surface area contributed by atoms with Gasteiger partial charge in [0.2, 0.25) is 5.88 Å². The van der Waals surface area contributed by atoms with Gasteiger partial charge in [-0.15, -0.1) is 0 Å². The summed E-state index contributed by atoms with van der Waals surface area (Å²) in [6.45, 7) is 8.81. The van der Waals surface area contributed by atoms with Crippen molar-refractivity contribution in [2.75, 3.05) is 6.61 Å². The van der Waals surface area contributed by atoms with Crippen LogP contribution in [0, 0.1) is 19.8 Å². The number of hydrogen-bond acceptors (Lipinski definition) is 4. The lowest BCUT2D eigenvalue weighted by atomic mass is 10.2. The zero-order valence-corrected chi connectivity index (χ0v) is 13.5. The molecule has 2 rings (SSSR count). The molecule has 0 aliphatic carbocycles. The molecule has 0 fully saturated rings. The normalized spacial score (nSPS) is 10.8. The molecule has 2 aromatic heterocycles. The van der Waals surface area contributed by atoms with Crippen LogP contribution in [0.2, 0.25) is 0 Å². The highest BCUT2D eigenvalue weighted by Gasteiger charge is 2.14. The summed E-state index contributed by atoms with van der Waals surface area (Å²) >= 11 is 0. The first kappa shape index (κ1) is 16.1. The molecule has 1 amide bonds. The maximum Gasteiger partial charge on any atom is 0.257 e. The minimum Gasteiger partial charge on any atom is -0.477 e. The molecule has 118 valence electrons. The average Bonchev–Trinajstić information content (AvgIpc) is 2.80. The maximum atomic E-state index is 12.3. The van der Waals surface area contributed by atoms with Crippen molar-refractivity contribution < 1.29 is 13.9 Å². The van der Waals surface area contributed by atoms with E-state index in [1.54, 1.807) is 18.3 Å². The van der Waals surface area contributed by atoms with E-state index in [0.29, 0.717) is 30.5 Å². The van der Waals surface area contributed by atoms with Crippen LogP contribution in [0.4, 0.5) is 0 Å². The number of pyridine rings is 1. The second kappa shape index (κ2) is 7.11. The Morgan fingerprint density at radius 2 is 2.18 bits per heavy atom. The number of nitrogens with one attached hydrogen (secondary N) is 1. The second-order valence-electron chi connectivity index (χ2n) is 5.68. The molecule has 22 heavy (non-hydrogen) atoms. The summed E-state index contributed by atoms with van der Waals surface area (Å²) in [6, 6.07) is 5.37. The van der Waals surface area contributed by atoms with Crippen LogP contribution in [0.15, 0.2) is 28.8 Å². The highest BCUT2D eigenvalue weighted by Crippen LogP contribution is 2.17. The van der Waals surface area contributed by atoms with Crippen LogP contribution in [-0.4, -0.2) is 17.5 Å². The molecule has 0 saturated carbocycles. The molecule has 0 aliphatic heterocycles. The number of amides is 1. The largest absolute Gasteiger partial charge is 0.477 e. The van der Waals surface area contributed by atoms with E-state index in [-0.39, 0.29) is 5.91 Å². The van der Waals surface area contributed by atoms with Gasteiger partial charge < -0.3 is 14.5 Å². The van der Waals surface area contributed by atoms with Crippen molar-refractivity contribution in [3.8, 4) is 5.88 Å². The minimum absolute atomic E-state index is 0.204. The lowest BCUT2D eigenvalue weighted by Gasteiger charge is -2.11. The van der Waals surface area contributed by atoms with Crippen molar-refractivity contribution in [2.45, 2.75) is 34.2 Å². The number of rotatable bonds is 6. The predicted octanol–water partition coefficient (Wildman–Crippen LogP) is 3.26. The molecular formula is C17H22N2O3. The van der Waals surface area contributed by atoms with Crippen molar-refractivity contribution in [2.24, 2.45) is 5.92 Å². The van der Waals surface area contributed by atoms with E-state index in [2.05, 4.69) is 10.3 Å². The molecule has 5 heteroatoms. The Hall–Kier alpha value is -2.30. The Bertz CT molecular complexity index is 647. The number of hydrogen-bond donors (Lipinski definition) is 1. The number of ether oxygens (including phenoxy) is 1. The lowest BCUT2D eigenvalue weighted by Crippen LogP contribution is -2.24. The summed E-state index contributed by atoms with van der Waals surface area (Å²) in [5, 5.41) is 2.88.